The molecule has 0 fully saturated rings. The predicted octanol–water partition coefficient (Wildman–Crippen LogP) is 3.49. The molecule has 0 aliphatic heterocycles. The number of benzene rings is 1. The van der Waals surface area contributed by atoms with Crippen LogP contribution in [0.4, 0.5) is 15.8 Å². The maximum Gasteiger partial charge on any atom is 0.281 e. The number of hydrogen-bond donors (Lipinski definition) is 1. The number of furan rings is 1. The lowest BCUT2D eigenvalue weighted by atomic mass is 10.1. The van der Waals surface area contributed by atoms with E-state index in [4.69, 9.17) is 4.42 Å². The third kappa shape index (κ3) is 2.40. The number of hydrogen-bond acceptors (Lipinski definition) is 5. The number of rotatable bonds is 4. The van der Waals surface area contributed by atoms with Gasteiger partial charge >= 0.3 is 0 Å². The van der Waals surface area contributed by atoms with E-state index in [9.17, 15) is 14.5 Å². The van der Waals surface area contributed by atoms with E-state index in [1.165, 1.54) is 18.5 Å². The van der Waals surface area contributed by atoms with E-state index in [1.807, 2.05) is 0 Å². The molecule has 3 rings (SSSR count). The second-order valence-corrected chi connectivity index (χ2v) is 4.34. The highest BCUT2D eigenvalue weighted by molar-refractivity contribution is 5.96. The fourth-order valence-electron chi connectivity index (χ4n) is 2.10. The van der Waals surface area contributed by atoms with Crippen LogP contribution in [-0.4, -0.2) is 9.91 Å². The number of pyridine rings is 1. The minimum atomic E-state index is -0.723. The number of nitrogens with one attached hydrogen (secondary N) is 1. The molecule has 2 aromatic heterocycles. The molecule has 0 spiro atoms. The molecule has 0 saturated carbocycles. The van der Waals surface area contributed by atoms with Gasteiger partial charge in [-0.05, 0) is 24.3 Å². The Balaban J connectivity index is 2.08. The lowest BCUT2D eigenvalue weighted by Gasteiger charge is -2.09. The molecule has 0 amide bonds. The van der Waals surface area contributed by atoms with E-state index in [-0.39, 0.29) is 28.8 Å². The van der Waals surface area contributed by atoms with Crippen LogP contribution in [0.15, 0.2) is 47.2 Å². The summed E-state index contributed by atoms with van der Waals surface area (Å²) in [7, 11) is 0. The van der Waals surface area contributed by atoms with Crippen molar-refractivity contribution >= 4 is 22.3 Å². The van der Waals surface area contributed by atoms with Crippen LogP contribution in [-0.2, 0) is 6.54 Å². The Morgan fingerprint density at radius 3 is 2.95 bits per heavy atom. The molecule has 3 aromatic rings. The molecule has 21 heavy (non-hydrogen) atoms. The summed E-state index contributed by atoms with van der Waals surface area (Å²) in [5.41, 5.74) is 0.0301. The fraction of sp³-hybridized carbons (Fsp3) is 0.0714. The number of nitro groups is 1. The number of non-ortho nitro benzene ring substituents is 1. The van der Waals surface area contributed by atoms with E-state index in [1.54, 1.807) is 18.2 Å². The maximum absolute atomic E-state index is 14.1. The van der Waals surface area contributed by atoms with E-state index < -0.39 is 10.7 Å². The summed E-state index contributed by atoms with van der Waals surface area (Å²) >= 11 is 0. The van der Waals surface area contributed by atoms with Gasteiger partial charge in [0, 0.05) is 6.20 Å². The van der Waals surface area contributed by atoms with Crippen LogP contribution in [0.3, 0.4) is 0 Å². The van der Waals surface area contributed by atoms with Crippen LogP contribution < -0.4 is 5.32 Å². The minimum Gasteiger partial charge on any atom is -0.467 e. The van der Waals surface area contributed by atoms with Gasteiger partial charge in [-0.1, -0.05) is 0 Å². The van der Waals surface area contributed by atoms with Crippen LogP contribution >= 0.6 is 0 Å². The summed E-state index contributed by atoms with van der Waals surface area (Å²) in [4.78, 5) is 14.4. The smallest absolute Gasteiger partial charge is 0.281 e. The molecule has 106 valence electrons. The topological polar surface area (TPSA) is 81.2 Å². The molecule has 1 N–H and O–H groups in total. The summed E-state index contributed by atoms with van der Waals surface area (Å²) in [6.45, 7) is 0.257. The van der Waals surface area contributed by atoms with Crippen LogP contribution in [0, 0.1) is 15.9 Å². The Kier molecular flexibility index (Phi) is 3.23. The largest absolute Gasteiger partial charge is 0.467 e. The van der Waals surface area contributed by atoms with Crippen molar-refractivity contribution in [3.8, 4) is 0 Å². The molecule has 2 heterocycles. The summed E-state index contributed by atoms with van der Waals surface area (Å²) in [5, 5.41) is 14.2. The SMILES string of the molecule is O=[N+]([O-])c1cc(F)c(NCc2ccco2)c2ncccc12. The average molecular weight is 287 g/mol. The highest BCUT2D eigenvalue weighted by Crippen LogP contribution is 2.32. The van der Waals surface area contributed by atoms with Crippen LogP contribution in [0.25, 0.3) is 10.9 Å². The second-order valence-electron chi connectivity index (χ2n) is 4.34. The molecule has 0 bridgehead atoms. The van der Waals surface area contributed by atoms with Crippen molar-refractivity contribution in [1.29, 1.82) is 0 Å². The van der Waals surface area contributed by atoms with Gasteiger partial charge in [-0.15, -0.1) is 0 Å². The summed E-state index contributed by atoms with van der Waals surface area (Å²) in [5.74, 6) is -0.101. The first kappa shape index (κ1) is 13.0. The van der Waals surface area contributed by atoms with Gasteiger partial charge in [-0.2, -0.15) is 0 Å². The molecule has 7 heteroatoms. The van der Waals surface area contributed by atoms with Gasteiger partial charge in [-0.3, -0.25) is 15.1 Å². The lowest BCUT2D eigenvalue weighted by molar-refractivity contribution is -0.383. The molecular formula is C14H10FN3O3. The Hall–Kier alpha value is -2.96. The standard InChI is InChI=1S/C14H10FN3O3/c15-11-7-12(18(19)20)10-4-1-5-16-13(10)14(11)17-8-9-3-2-6-21-9/h1-7,17H,8H2. The van der Waals surface area contributed by atoms with Crippen LogP contribution in [0.5, 0.6) is 0 Å². The van der Waals surface area contributed by atoms with Gasteiger partial charge in [0.05, 0.1) is 34.9 Å². The quantitative estimate of drug-likeness (QED) is 0.586. The molecule has 0 atom stereocenters. The van der Waals surface area contributed by atoms with Crippen molar-refractivity contribution in [2.24, 2.45) is 0 Å². The first-order valence-electron chi connectivity index (χ1n) is 6.14. The molecule has 0 radical (unpaired) electrons. The zero-order chi connectivity index (χ0) is 14.8. The summed E-state index contributed by atoms with van der Waals surface area (Å²) in [6.07, 6.45) is 2.98. The van der Waals surface area contributed by atoms with Gasteiger partial charge in [-0.25, -0.2) is 4.39 Å². The minimum absolute atomic E-state index is 0.118. The van der Waals surface area contributed by atoms with Gasteiger partial charge in [0.1, 0.15) is 11.3 Å². The van der Waals surface area contributed by atoms with E-state index >= 15 is 0 Å². The molecule has 0 aliphatic rings. The van der Waals surface area contributed by atoms with Crippen molar-refractivity contribution in [2.75, 3.05) is 5.32 Å². The third-order valence-electron chi connectivity index (χ3n) is 3.04. The second kappa shape index (κ2) is 5.20. The van der Waals surface area contributed by atoms with Crippen molar-refractivity contribution in [2.45, 2.75) is 6.54 Å². The number of nitrogens with zero attached hydrogens (tertiary/aromatic N) is 2. The van der Waals surface area contributed by atoms with Gasteiger partial charge in [0.2, 0.25) is 0 Å². The van der Waals surface area contributed by atoms with Gasteiger partial charge < -0.3 is 9.73 Å². The summed E-state index contributed by atoms with van der Waals surface area (Å²) < 4.78 is 19.3. The first-order valence-corrected chi connectivity index (χ1v) is 6.14. The zero-order valence-corrected chi connectivity index (χ0v) is 10.7. The Labute approximate surface area is 118 Å². The van der Waals surface area contributed by atoms with E-state index in [2.05, 4.69) is 10.3 Å². The molecule has 1 aromatic carbocycles. The molecule has 0 unspecified atom stereocenters. The molecule has 0 saturated heterocycles. The molecule has 0 aliphatic carbocycles. The maximum atomic E-state index is 14.1. The lowest BCUT2D eigenvalue weighted by Crippen LogP contribution is -2.03. The molecule has 6 nitrogen and oxygen atoms in total. The normalized spacial score (nSPS) is 10.7. The highest BCUT2D eigenvalue weighted by atomic mass is 19.1. The van der Waals surface area contributed by atoms with Crippen molar-refractivity contribution in [3.05, 3.63) is 64.5 Å². The summed E-state index contributed by atoms with van der Waals surface area (Å²) in [6, 6.07) is 7.47. The Morgan fingerprint density at radius 2 is 2.24 bits per heavy atom. The van der Waals surface area contributed by atoms with Crippen LogP contribution in [0.2, 0.25) is 0 Å². The number of nitro benzene ring substituents is 1. The van der Waals surface area contributed by atoms with Crippen molar-refractivity contribution in [1.82, 2.24) is 4.98 Å². The number of anilines is 1. The number of fused-ring (bicyclic) bond motifs is 1. The average Bonchev–Trinajstić information content (AvgIpc) is 2.98. The monoisotopic (exact) mass is 287 g/mol. The zero-order valence-electron chi connectivity index (χ0n) is 10.7. The Morgan fingerprint density at radius 1 is 1.38 bits per heavy atom. The van der Waals surface area contributed by atoms with Crippen LogP contribution in [0.1, 0.15) is 5.76 Å². The van der Waals surface area contributed by atoms with E-state index in [0.29, 0.717) is 5.76 Å². The fourth-order valence-corrected chi connectivity index (χ4v) is 2.10. The van der Waals surface area contributed by atoms with Gasteiger partial charge in [0.15, 0.2) is 5.82 Å². The molecular weight excluding hydrogens is 277 g/mol. The highest BCUT2D eigenvalue weighted by Gasteiger charge is 2.19. The van der Waals surface area contributed by atoms with Gasteiger partial charge in [0.25, 0.3) is 5.69 Å². The van der Waals surface area contributed by atoms with Crippen molar-refractivity contribution < 1.29 is 13.7 Å². The van der Waals surface area contributed by atoms with Crippen molar-refractivity contribution in [3.63, 3.8) is 0 Å². The third-order valence-corrected chi connectivity index (χ3v) is 3.04. The van der Waals surface area contributed by atoms with E-state index in [0.717, 1.165) is 6.07 Å². The number of halogens is 1. The number of aromatic nitrogens is 1. The first-order chi connectivity index (χ1) is 10.2. The Bertz CT molecular complexity index is 803. The predicted molar refractivity (Wildman–Crippen MR) is 74.4 cm³/mol.